The number of amides is 1. The maximum Gasteiger partial charge on any atom is 0.241 e. The van der Waals surface area contributed by atoms with Crippen molar-refractivity contribution < 1.29 is 4.79 Å². The zero-order valence-corrected chi connectivity index (χ0v) is 15.6. The van der Waals surface area contributed by atoms with Crippen molar-refractivity contribution in [1.82, 2.24) is 5.32 Å². The van der Waals surface area contributed by atoms with E-state index in [1.54, 1.807) is 11.3 Å². The summed E-state index contributed by atoms with van der Waals surface area (Å²) in [5, 5.41) is 10.7. The summed E-state index contributed by atoms with van der Waals surface area (Å²) >= 11 is 1.68. The van der Waals surface area contributed by atoms with Crippen molar-refractivity contribution in [3.05, 3.63) is 46.7 Å². The first-order chi connectivity index (χ1) is 12.3. The summed E-state index contributed by atoms with van der Waals surface area (Å²) in [6.07, 6.45) is 4.31. The van der Waals surface area contributed by atoms with Gasteiger partial charge in [0.2, 0.25) is 5.91 Å². The van der Waals surface area contributed by atoms with Crippen molar-refractivity contribution in [2.75, 3.05) is 23.3 Å². The average molecular weight is 358 g/mol. The van der Waals surface area contributed by atoms with Gasteiger partial charge < -0.3 is 15.5 Å². The Morgan fingerprint density at radius 2 is 2.12 bits per heavy atom. The van der Waals surface area contributed by atoms with Gasteiger partial charge in [-0.2, -0.15) is 11.3 Å². The zero-order valence-electron chi connectivity index (χ0n) is 14.8. The Labute approximate surface area is 154 Å². The minimum absolute atomic E-state index is 0.0515. The fraction of sp³-hybridized carbons (Fsp3) is 0.450. The van der Waals surface area contributed by atoms with Gasteiger partial charge in [0, 0.05) is 31.0 Å². The Morgan fingerprint density at radius 3 is 2.84 bits per heavy atom. The van der Waals surface area contributed by atoms with Crippen LogP contribution < -0.4 is 15.5 Å². The van der Waals surface area contributed by atoms with Crippen LogP contribution in [0.3, 0.4) is 0 Å². The molecule has 2 N–H and O–H groups in total. The maximum absolute atomic E-state index is 12.7. The third kappa shape index (κ3) is 5.06. The Hall–Kier alpha value is -1.85. The molecule has 0 radical (unpaired) electrons. The lowest BCUT2D eigenvalue weighted by molar-refractivity contribution is -0.118. The van der Waals surface area contributed by atoms with Crippen molar-refractivity contribution >= 4 is 28.6 Å². The van der Waals surface area contributed by atoms with E-state index in [1.807, 2.05) is 12.1 Å². The second kappa shape index (κ2) is 9.02. The summed E-state index contributed by atoms with van der Waals surface area (Å²) in [4.78, 5) is 15.1. The van der Waals surface area contributed by atoms with E-state index in [1.165, 1.54) is 24.1 Å². The summed E-state index contributed by atoms with van der Waals surface area (Å²) in [6, 6.07) is 10.1. The normalized spacial score (nSPS) is 15.3. The first kappa shape index (κ1) is 18.0. The summed E-state index contributed by atoms with van der Waals surface area (Å²) in [5.74, 6) is 0.0515. The molecule has 1 fully saturated rings. The molecule has 1 amide bonds. The molecule has 1 aliphatic rings. The van der Waals surface area contributed by atoms with Crippen LogP contribution in [0.2, 0.25) is 0 Å². The largest absolute Gasteiger partial charge is 0.371 e. The van der Waals surface area contributed by atoms with Crippen LogP contribution in [0.15, 0.2) is 41.1 Å². The molecule has 0 bridgehead atoms. The molecule has 1 saturated heterocycles. The number of nitrogens with zero attached hydrogens (tertiary/aromatic N) is 1. The highest BCUT2D eigenvalue weighted by Gasteiger charge is 2.18. The molecule has 0 saturated carbocycles. The van der Waals surface area contributed by atoms with E-state index in [0.717, 1.165) is 38.2 Å². The molecular weight excluding hydrogens is 330 g/mol. The van der Waals surface area contributed by atoms with Gasteiger partial charge in [-0.15, -0.1) is 0 Å². The van der Waals surface area contributed by atoms with E-state index >= 15 is 0 Å². The van der Waals surface area contributed by atoms with Crippen LogP contribution in [0.1, 0.15) is 38.2 Å². The molecule has 1 aromatic heterocycles. The minimum Gasteiger partial charge on any atom is -0.371 e. The van der Waals surface area contributed by atoms with Crippen LogP contribution in [0.5, 0.6) is 0 Å². The van der Waals surface area contributed by atoms with Gasteiger partial charge in [-0.1, -0.05) is 19.4 Å². The lowest BCUT2D eigenvalue weighted by Crippen LogP contribution is -2.40. The summed E-state index contributed by atoms with van der Waals surface area (Å²) in [5.41, 5.74) is 3.32. The average Bonchev–Trinajstić information content (AvgIpc) is 3.32. The number of hydrogen-bond acceptors (Lipinski definition) is 4. The smallest absolute Gasteiger partial charge is 0.241 e. The fourth-order valence-corrected chi connectivity index (χ4v) is 3.90. The fourth-order valence-electron chi connectivity index (χ4n) is 3.23. The Bertz CT molecular complexity index is 665. The van der Waals surface area contributed by atoms with Gasteiger partial charge in [-0.25, -0.2) is 0 Å². The highest BCUT2D eigenvalue weighted by Crippen LogP contribution is 2.23. The van der Waals surface area contributed by atoms with Gasteiger partial charge in [-0.3, -0.25) is 4.79 Å². The van der Waals surface area contributed by atoms with Crippen molar-refractivity contribution in [3.8, 4) is 0 Å². The summed E-state index contributed by atoms with van der Waals surface area (Å²) < 4.78 is 0. The van der Waals surface area contributed by atoms with E-state index in [2.05, 4.69) is 51.4 Å². The van der Waals surface area contributed by atoms with Gasteiger partial charge >= 0.3 is 0 Å². The highest BCUT2D eigenvalue weighted by atomic mass is 32.1. The molecular formula is C20H27N3OS. The molecule has 1 unspecified atom stereocenters. The maximum atomic E-state index is 12.7. The van der Waals surface area contributed by atoms with E-state index in [0.29, 0.717) is 0 Å². The van der Waals surface area contributed by atoms with Gasteiger partial charge in [0.25, 0.3) is 0 Å². The molecule has 0 aliphatic carbocycles. The first-order valence-electron chi connectivity index (χ1n) is 9.16. The third-order valence-electron chi connectivity index (χ3n) is 4.61. The van der Waals surface area contributed by atoms with Crippen LogP contribution in [-0.2, 0) is 11.3 Å². The van der Waals surface area contributed by atoms with Gasteiger partial charge in [-0.05, 0) is 59.9 Å². The van der Waals surface area contributed by atoms with Gasteiger partial charge in [0.1, 0.15) is 0 Å². The minimum atomic E-state index is -0.166. The number of anilines is 2. The molecule has 3 rings (SSSR count). The van der Waals surface area contributed by atoms with Crippen molar-refractivity contribution in [2.24, 2.45) is 0 Å². The number of benzene rings is 1. The van der Waals surface area contributed by atoms with E-state index in [4.69, 9.17) is 0 Å². The monoisotopic (exact) mass is 357 g/mol. The SMILES string of the molecule is CCCC(NCc1ccsc1)C(=O)Nc1cccc(N2CCCC2)c1. The van der Waals surface area contributed by atoms with Crippen molar-refractivity contribution in [2.45, 2.75) is 45.2 Å². The zero-order chi connectivity index (χ0) is 17.5. The number of hydrogen-bond donors (Lipinski definition) is 2. The quantitative estimate of drug-likeness (QED) is 0.742. The Kier molecular flexibility index (Phi) is 6.48. The number of rotatable bonds is 8. The second-order valence-electron chi connectivity index (χ2n) is 6.59. The van der Waals surface area contributed by atoms with Gasteiger partial charge in [0.05, 0.1) is 6.04 Å². The number of thiophene rings is 1. The molecule has 1 aliphatic heterocycles. The number of carbonyl (C=O) groups excluding carboxylic acids is 1. The molecule has 5 heteroatoms. The standard InChI is InChI=1S/C20H27N3OS/c1-2-6-19(21-14-16-9-12-25-15-16)20(24)22-17-7-5-8-18(13-17)23-10-3-4-11-23/h5,7-9,12-13,15,19,21H,2-4,6,10-11,14H2,1H3,(H,22,24). The second-order valence-corrected chi connectivity index (χ2v) is 7.37. The van der Waals surface area contributed by atoms with Crippen molar-refractivity contribution in [1.29, 1.82) is 0 Å². The van der Waals surface area contributed by atoms with E-state index in [-0.39, 0.29) is 11.9 Å². The lowest BCUT2D eigenvalue weighted by atomic mass is 10.1. The van der Waals surface area contributed by atoms with E-state index in [9.17, 15) is 4.79 Å². The summed E-state index contributed by atoms with van der Waals surface area (Å²) in [7, 11) is 0. The van der Waals surface area contributed by atoms with Crippen LogP contribution >= 0.6 is 11.3 Å². The number of nitrogens with one attached hydrogen (secondary N) is 2. The predicted octanol–water partition coefficient (Wildman–Crippen LogP) is 4.25. The van der Waals surface area contributed by atoms with Crippen LogP contribution in [0.4, 0.5) is 11.4 Å². The molecule has 1 aromatic carbocycles. The molecule has 4 nitrogen and oxygen atoms in total. The highest BCUT2D eigenvalue weighted by molar-refractivity contribution is 7.07. The van der Waals surface area contributed by atoms with Crippen LogP contribution in [0, 0.1) is 0 Å². The molecule has 2 heterocycles. The van der Waals surface area contributed by atoms with Crippen LogP contribution in [0.25, 0.3) is 0 Å². The summed E-state index contributed by atoms with van der Waals surface area (Å²) in [6.45, 7) is 5.06. The molecule has 2 aromatic rings. The first-order valence-corrected chi connectivity index (χ1v) is 10.1. The van der Waals surface area contributed by atoms with Crippen LogP contribution in [-0.4, -0.2) is 25.0 Å². The molecule has 134 valence electrons. The van der Waals surface area contributed by atoms with Gasteiger partial charge in [0.15, 0.2) is 0 Å². The van der Waals surface area contributed by atoms with Crippen molar-refractivity contribution in [3.63, 3.8) is 0 Å². The molecule has 1 atom stereocenters. The predicted molar refractivity (Wildman–Crippen MR) is 106 cm³/mol. The lowest BCUT2D eigenvalue weighted by Gasteiger charge is -2.20. The Morgan fingerprint density at radius 1 is 1.28 bits per heavy atom. The Balaban J connectivity index is 1.60. The third-order valence-corrected chi connectivity index (χ3v) is 5.34. The molecule has 0 spiro atoms. The topological polar surface area (TPSA) is 44.4 Å². The molecule has 25 heavy (non-hydrogen) atoms. The number of carbonyl (C=O) groups is 1. The van der Waals surface area contributed by atoms with E-state index < -0.39 is 0 Å².